The summed E-state index contributed by atoms with van der Waals surface area (Å²) < 4.78 is 1.01. The molecule has 6 heteroatoms. The first-order valence-electron chi connectivity index (χ1n) is 6.90. The molecule has 1 aliphatic rings. The zero-order chi connectivity index (χ0) is 15.4. The first kappa shape index (κ1) is 16.4. The minimum absolute atomic E-state index is 0.0885. The molecule has 1 amide bonds. The average molecular weight is 372 g/mol. The Morgan fingerprint density at radius 1 is 1.43 bits per heavy atom. The summed E-state index contributed by atoms with van der Waals surface area (Å²) in [7, 11) is 0. The number of thioether (sulfide) groups is 1. The number of nitrogens with zero attached hydrogens (tertiary/aromatic N) is 1. The molecule has 1 N–H and O–H groups in total. The van der Waals surface area contributed by atoms with Crippen molar-refractivity contribution in [1.82, 2.24) is 4.90 Å². The van der Waals surface area contributed by atoms with Crippen LogP contribution >= 0.6 is 27.7 Å². The molecule has 0 spiro atoms. The van der Waals surface area contributed by atoms with Gasteiger partial charge < -0.3 is 10.0 Å². The molecule has 1 unspecified atom stereocenters. The van der Waals surface area contributed by atoms with Crippen molar-refractivity contribution in [3.63, 3.8) is 0 Å². The molecule has 21 heavy (non-hydrogen) atoms. The third kappa shape index (κ3) is 4.23. The molecule has 1 aliphatic heterocycles. The Kier molecular flexibility index (Phi) is 5.70. The zero-order valence-electron chi connectivity index (χ0n) is 11.8. The van der Waals surface area contributed by atoms with Crippen LogP contribution in [0, 0.1) is 6.92 Å². The molecule has 1 aromatic rings. The number of amides is 1. The number of carbonyl (C=O) groups excluding carboxylic acids is 1. The fourth-order valence-electron chi connectivity index (χ4n) is 2.48. The number of likely N-dealkylation sites (tertiary alicyclic amines) is 1. The van der Waals surface area contributed by atoms with Crippen LogP contribution in [0.3, 0.4) is 0 Å². The molecular formula is C15H18BrNO3S. The molecule has 0 aliphatic carbocycles. The van der Waals surface area contributed by atoms with E-state index in [9.17, 15) is 14.7 Å². The Labute approximate surface area is 137 Å². The van der Waals surface area contributed by atoms with Crippen LogP contribution < -0.4 is 0 Å². The number of hydrogen-bond acceptors (Lipinski definition) is 3. The molecule has 2 rings (SSSR count). The number of carboxylic acid groups (broad SMARTS) is 1. The molecule has 0 bridgehead atoms. The lowest BCUT2D eigenvalue weighted by Gasteiger charge is -2.32. The van der Waals surface area contributed by atoms with Crippen molar-refractivity contribution in [2.75, 3.05) is 12.3 Å². The highest BCUT2D eigenvalue weighted by atomic mass is 79.9. The highest BCUT2D eigenvalue weighted by Crippen LogP contribution is 2.26. The SMILES string of the molecule is Cc1cc(Br)ccc1SCC(=O)N1CCCCC1C(=O)O. The quantitative estimate of drug-likeness (QED) is 0.824. The Morgan fingerprint density at radius 2 is 2.19 bits per heavy atom. The van der Waals surface area contributed by atoms with Gasteiger partial charge >= 0.3 is 5.97 Å². The molecular weight excluding hydrogens is 354 g/mol. The number of carboxylic acids is 1. The lowest BCUT2D eigenvalue weighted by molar-refractivity contribution is -0.150. The van der Waals surface area contributed by atoms with Crippen LogP contribution in [-0.2, 0) is 9.59 Å². The van der Waals surface area contributed by atoms with Crippen molar-refractivity contribution in [2.45, 2.75) is 37.1 Å². The maximum atomic E-state index is 12.3. The van der Waals surface area contributed by atoms with Crippen LogP contribution in [0.15, 0.2) is 27.6 Å². The Hall–Kier alpha value is -1.01. The summed E-state index contributed by atoms with van der Waals surface area (Å²) >= 11 is 4.88. The topological polar surface area (TPSA) is 57.6 Å². The van der Waals surface area contributed by atoms with Gasteiger partial charge in [0.05, 0.1) is 5.75 Å². The second-order valence-corrected chi connectivity index (χ2v) is 7.07. The van der Waals surface area contributed by atoms with Crippen LogP contribution in [0.25, 0.3) is 0 Å². The van der Waals surface area contributed by atoms with Gasteiger partial charge in [0.1, 0.15) is 6.04 Å². The van der Waals surface area contributed by atoms with E-state index in [1.54, 1.807) is 0 Å². The van der Waals surface area contributed by atoms with Crippen molar-refractivity contribution in [3.05, 3.63) is 28.2 Å². The molecule has 1 aromatic carbocycles. The standard InChI is InChI=1S/C15H18BrNO3S/c1-10-8-11(16)5-6-13(10)21-9-14(18)17-7-3-2-4-12(17)15(19)20/h5-6,8,12H,2-4,7,9H2,1H3,(H,19,20). The van der Waals surface area contributed by atoms with Crippen molar-refractivity contribution in [3.8, 4) is 0 Å². The van der Waals surface area contributed by atoms with Gasteiger partial charge in [0.2, 0.25) is 5.91 Å². The van der Waals surface area contributed by atoms with Gasteiger partial charge in [0.15, 0.2) is 0 Å². The molecule has 1 saturated heterocycles. The summed E-state index contributed by atoms with van der Waals surface area (Å²) in [4.78, 5) is 26.1. The molecule has 0 radical (unpaired) electrons. The maximum Gasteiger partial charge on any atom is 0.326 e. The fraction of sp³-hybridized carbons (Fsp3) is 0.467. The zero-order valence-corrected chi connectivity index (χ0v) is 14.2. The number of hydrogen-bond donors (Lipinski definition) is 1. The van der Waals surface area contributed by atoms with E-state index in [1.165, 1.54) is 16.7 Å². The number of benzene rings is 1. The minimum Gasteiger partial charge on any atom is -0.480 e. The molecule has 1 atom stereocenters. The predicted molar refractivity (Wildman–Crippen MR) is 86.6 cm³/mol. The van der Waals surface area contributed by atoms with E-state index in [0.717, 1.165) is 27.8 Å². The summed E-state index contributed by atoms with van der Waals surface area (Å²) in [5.74, 6) is -0.700. The van der Waals surface area contributed by atoms with Gasteiger partial charge in [-0.2, -0.15) is 0 Å². The number of rotatable bonds is 4. The molecule has 0 aromatic heterocycles. The lowest BCUT2D eigenvalue weighted by Crippen LogP contribution is -2.48. The van der Waals surface area contributed by atoms with E-state index in [-0.39, 0.29) is 11.7 Å². The summed E-state index contributed by atoms with van der Waals surface area (Å²) in [6.45, 7) is 2.55. The smallest absolute Gasteiger partial charge is 0.326 e. The van der Waals surface area contributed by atoms with E-state index in [1.807, 2.05) is 25.1 Å². The van der Waals surface area contributed by atoms with Gasteiger partial charge in [-0.25, -0.2) is 4.79 Å². The summed E-state index contributed by atoms with van der Waals surface area (Å²) in [6, 6.07) is 5.27. The number of aryl methyl sites for hydroxylation is 1. The molecule has 0 saturated carbocycles. The molecule has 1 heterocycles. The second-order valence-electron chi connectivity index (χ2n) is 5.14. The van der Waals surface area contributed by atoms with Gasteiger partial charge in [-0.3, -0.25) is 4.79 Å². The fourth-order valence-corrected chi connectivity index (χ4v) is 3.86. The number of piperidine rings is 1. The lowest BCUT2D eigenvalue weighted by atomic mass is 10.0. The second kappa shape index (κ2) is 7.31. The van der Waals surface area contributed by atoms with Gasteiger partial charge in [-0.1, -0.05) is 15.9 Å². The minimum atomic E-state index is -0.895. The maximum absolute atomic E-state index is 12.3. The summed E-state index contributed by atoms with van der Waals surface area (Å²) in [6.07, 6.45) is 2.32. The number of carbonyl (C=O) groups is 2. The van der Waals surface area contributed by atoms with Gasteiger partial charge in [0.25, 0.3) is 0 Å². The largest absolute Gasteiger partial charge is 0.480 e. The van der Waals surface area contributed by atoms with E-state index in [2.05, 4.69) is 15.9 Å². The highest BCUT2D eigenvalue weighted by molar-refractivity contribution is 9.10. The Morgan fingerprint density at radius 3 is 2.86 bits per heavy atom. The van der Waals surface area contributed by atoms with Crippen molar-refractivity contribution in [2.24, 2.45) is 0 Å². The monoisotopic (exact) mass is 371 g/mol. The number of halogens is 1. The van der Waals surface area contributed by atoms with Gasteiger partial charge in [-0.15, -0.1) is 11.8 Å². The Bertz CT molecular complexity index is 550. The van der Waals surface area contributed by atoms with Crippen molar-refractivity contribution >= 4 is 39.6 Å². The first-order chi connectivity index (χ1) is 9.99. The number of aliphatic carboxylic acids is 1. The van der Waals surface area contributed by atoms with Gasteiger partial charge in [0, 0.05) is 15.9 Å². The van der Waals surface area contributed by atoms with Gasteiger partial charge in [-0.05, 0) is 49.9 Å². The predicted octanol–water partition coefficient (Wildman–Crippen LogP) is 3.32. The van der Waals surface area contributed by atoms with E-state index < -0.39 is 12.0 Å². The van der Waals surface area contributed by atoms with E-state index >= 15 is 0 Å². The third-order valence-electron chi connectivity index (χ3n) is 3.60. The van der Waals surface area contributed by atoms with Crippen LogP contribution in [0.1, 0.15) is 24.8 Å². The molecule has 4 nitrogen and oxygen atoms in total. The molecule has 114 valence electrons. The molecule has 1 fully saturated rings. The average Bonchev–Trinajstić information content (AvgIpc) is 2.46. The van der Waals surface area contributed by atoms with E-state index in [0.29, 0.717) is 13.0 Å². The first-order valence-corrected chi connectivity index (χ1v) is 8.68. The highest BCUT2D eigenvalue weighted by Gasteiger charge is 2.31. The van der Waals surface area contributed by atoms with Crippen LogP contribution in [0.2, 0.25) is 0 Å². The van der Waals surface area contributed by atoms with Crippen molar-refractivity contribution < 1.29 is 14.7 Å². The van der Waals surface area contributed by atoms with Crippen molar-refractivity contribution in [1.29, 1.82) is 0 Å². The Balaban J connectivity index is 1.98. The van der Waals surface area contributed by atoms with Crippen LogP contribution in [0.5, 0.6) is 0 Å². The van der Waals surface area contributed by atoms with E-state index in [4.69, 9.17) is 0 Å². The summed E-state index contributed by atoms with van der Waals surface area (Å²) in [5.41, 5.74) is 1.11. The normalized spacial score (nSPS) is 18.6. The van der Waals surface area contributed by atoms with Crippen LogP contribution in [-0.4, -0.2) is 40.2 Å². The summed E-state index contributed by atoms with van der Waals surface area (Å²) in [5, 5.41) is 9.21. The van der Waals surface area contributed by atoms with Crippen LogP contribution in [0.4, 0.5) is 0 Å². The third-order valence-corrected chi connectivity index (χ3v) is 5.25.